The van der Waals surface area contributed by atoms with E-state index < -0.39 is 0 Å². The fourth-order valence-corrected chi connectivity index (χ4v) is 2.73. The van der Waals surface area contributed by atoms with E-state index in [1.807, 2.05) is 48.0 Å². The van der Waals surface area contributed by atoms with Crippen LogP contribution in [0.1, 0.15) is 14.5 Å². The van der Waals surface area contributed by atoms with Crippen LogP contribution in [0.4, 0.5) is 0 Å². The second kappa shape index (κ2) is 3.82. The van der Waals surface area contributed by atoms with Gasteiger partial charge in [0.15, 0.2) is 6.29 Å². The maximum atomic E-state index is 10.8. The second-order valence-electron chi connectivity index (χ2n) is 3.83. The highest BCUT2D eigenvalue weighted by Gasteiger charge is 2.10. The number of carbonyl (C=O) groups is 1. The van der Waals surface area contributed by atoms with Crippen LogP contribution in [-0.2, 0) is 0 Å². The van der Waals surface area contributed by atoms with Crippen molar-refractivity contribution in [3.8, 4) is 11.3 Å². The maximum Gasteiger partial charge on any atom is 0.160 e. The molecule has 0 bridgehead atoms. The van der Waals surface area contributed by atoms with Crippen molar-refractivity contribution >= 4 is 23.3 Å². The molecule has 84 valence electrons. The highest BCUT2D eigenvalue weighted by Crippen LogP contribution is 2.29. The molecule has 0 saturated carbocycles. The maximum absolute atomic E-state index is 10.8. The Morgan fingerprint density at radius 1 is 1.41 bits per heavy atom. The van der Waals surface area contributed by atoms with E-state index in [1.54, 1.807) is 0 Å². The zero-order valence-corrected chi connectivity index (χ0v) is 10.1. The Kier molecular flexibility index (Phi) is 2.30. The Hall–Kier alpha value is -1.94. The first-order chi connectivity index (χ1) is 8.28. The molecule has 0 aliphatic heterocycles. The average molecular weight is 242 g/mol. The third-order valence-corrected chi connectivity index (χ3v) is 3.67. The van der Waals surface area contributed by atoms with Crippen LogP contribution in [0.2, 0.25) is 0 Å². The minimum Gasteiger partial charge on any atom is -0.306 e. The Labute approximate surface area is 102 Å². The van der Waals surface area contributed by atoms with Gasteiger partial charge in [-0.2, -0.15) is 0 Å². The Balaban J connectivity index is 2.19. The number of imidazole rings is 1. The van der Waals surface area contributed by atoms with Crippen molar-refractivity contribution in [3.63, 3.8) is 0 Å². The van der Waals surface area contributed by atoms with Crippen molar-refractivity contribution in [1.82, 2.24) is 9.38 Å². The number of rotatable bonds is 2. The van der Waals surface area contributed by atoms with Crippen LogP contribution in [0.25, 0.3) is 16.9 Å². The van der Waals surface area contributed by atoms with Crippen molar-refractivity contribution in [2.45, 2.75) is 6.92 Å². The second-order valence-corrected chi connectivity index (χ2v) is 5.12. The van der Waals surface area contributed by atoms with Crippen molar-refractivity contribution in [2.24, 2.45) is 0 Å². The predicted octanol–water partition coefficient (Wildman–Crippen LogP) is 3.18. The van der Waals surface area contributed by atoms with Gasteiger partial charge in [-0.15, -0.1) is 11.3 Å². The summed E-state index contributed by atoms with van der Waals surface area (Å²) in [4.78, 5) is 17.2. The summed E-state index contributed by atoms with van der Waals surface area (Å²) in [5.74, 6) is 0. The molecule has 3 rings (SSSR count). The van der Waals surface area contributed by atoms with E-state index in [4.69, 9.17) is 0 Å². The lowest BCUT2D eigenvalue weighted by molar-refractivity contribution is 0.112. The summed E-state index contributed by atoms with van der Waals surface area (Å²) in [6, 6.07) is 7.79. The molecule has 0 aliphatic carbocycles. The molecule has 0 atom stereocenters. The summed E-state index contributed by atoms with van der Waals surface area (Å²) < 4.78 is 1.98. The Morgan fingerprint density at radius 2 is 2.29 bits per heavy atom. The van der Waals surface area contributed by atoms with Gasteiger partial charge in [0.1, 0.15) is 5.65 Å². The summed E-state index contributed by atoms with van der Waals surface area (Å²) in [5, 5.41) is 0. The lowest BCUT2D eigenvalue weighted by Crippen LogP contribution is -1.77. The minimum absolute atomic E-state index is 0.745. The quantitative estimate of drug-likeness (QED) is 0.647. The zero-order chi connectivity index (χ0) is 11.8. The summed E-state index contributed by atoms with van der Waals surface area (Å²) >= 11 is 1.50. The number of aldehydes is 1. The number of fused-ring (bicyclic) bond motifs is 1. The molecule has 3 aromatic rings. The molecule has 0 aliphatic rings. The third kappa shape index (κ3) is 1.66. The van der Waals surface area contributed by atoms with Gasteiger partial charge in [-0.25, -0.2) is 4.98 Å². The van der Waals surface area contributed by atoms with Crippen molar-refractivity contribution in [2.75, 3.05) is 0 Å². The smallest absolute Gasteiger partial charge is 0.160 e. The highest BCUT2D eigenvalue weighted by atomic mass is 32.1. The Bertz CT molecular complexity index is 663. The number of thiophene rings is 1. The molecule has 0 N–H and O–H groups in total. The molecule has 0 fully saturated rings. The van der Waals surface area contributed by atoms with Gasteiger partial charge in [0.2, 0.25) is 0 Å². The van der Waals surface area contributed by atoms with Crippen LogP contribution < -0.4 is 0 Å². The van der Waals surface area contributed by atoms with E-state index in [0.717, 1.165) is 32.9 Å². The van der Waals surface area contributed by atoms with E-state index in [2.05, 4.69) is 4.98 Å². The minimum atomic E-state index is 0.745. The molecule has 0 unspecified atom stereocenters. The van der Waals surface area contributed by atoms with E-state index in [9.17, 15) is 4.79 Å². The lowest BCUT2D eigenvalue weighted by Gasteiger charge is -1.91. The Morgan fingerprint density at radius 3 is 3.00 bits per heavy atom. The van der Waals surface area contributed by atoms with Gasteiger partial charge in [-0.05, 0) is 25.1 Å². The molecule has 4 heteroatoms. The monoisotopic (exact) mass is 242 g/mol. The van der Waals surface area contributed by atoms with Gasteiger partial charge in [-0.1, -0.05) is 6.07 Å². The van der Waals surface area contributed by atoms with Gasteiger partial charge >= 0.3 is 0 Å². The molecular formula is C13H10N2OS. The summed E-state index contributed by atoms with van der Waals surface area (Å²) in [5.41, 5.74) is 2.87. The van der Waals surface area contributed by atoms with Crippen LogP contribution in [-0.4, -0.2) is 15.7 Å². The normalized spacial score (nSPS) is 10.9. The number of pyridine rings is 1. The number of aryl methyl sites for hydroxylation is 1. The van der Waals surface area contributed by atoms with E-state index >= 15 is 0 Å². The van der Waals surface area contributed by atoms with Gasteiger partial charge in [0, 0.05) is 22.8 Å². The first kappa shape index (κ1) is 10.2. The van der Waals surface area contributed by atoms with Gasteiger partial charge in [0.25, 0.3) is 0 Å². The van der Waals surface area contributed by atoms with E-state index in [-0.39, 0.29) is 0 Å². The third-order valence-electron chi connectivity index (χ3n) is 2.69. The number of hydrogen-bond donors (Lipinski definition) is 0. The first-order valence-electron chi connectivity index (χ1n) is 5.27. The molecule has 3 aromatic heterocycles. The number of carbonyl (C=O) groups excluding carboxylic acids is 1. The van der Waals surface area contributed by atoms with Crippen LogP contribution >= 0.6 is 11.3 Å². The lowest BCUT2D eigenvalue weighted by atomic mass is 10.2. The predicted molar refractivity (Wildman–Crippen MR) is 68.6 cm³/mol. The molecule has 0 spiro atoms. The van der Waals surface area contributed by atoms with Crippen molar-refractivity contribution in [3.05, 3.63) is 46.4 Å². The van der Waals surface area contributed by atoms with Crippen molar-refractivity contribution < 1.29 is 4.79 Å². The molecule has 17 heavy (non-hydrogen) atoms. The number of aromatic nitrogens is 2. The summed E-state index contributed by atoms with van der Waals surface area (Å²) in [6.45, 7) is 2.01. The first-order valence-corrected chi connectivity index (χ1v) is 6.09. The number of nitrogens with zero attached hydrogens (tertiary/aromatic N) is 2. The standard InChI is InChI=1S/C13H10N2OS/c1-9-11(6-10(8-16)17-9)12-7-15-5-3-2-4-13(15)14-12/h2-8H,1H3. The fraction of sp³-hybridized carbons (Fsp3) is 0.0769. The van der Waals surface area contributed by atoms with E-state index in [1.165, 1.54) is 11.3 Å². The molecule has 0 saturated heterocycles. The molecule has 3 nitrogen and oxygen atoms in total. The SMILES string of the molecule is Cc1sc(C=O)cc1-c1cn2ccccc2n1. The largest absolute Gasteiger partial charge is 0.306 e. The van der Waals surface area contributed by atoms with Crippen LogP contribution in [0.5, 0.6) is 0 Å². The topological polar surface area (TPSA) is 34.4 Å². The molecule has 3 heterocycles. The highest BCUT2D eigenvalue weighted by molar-refractivity contribution is 7.14. The van der Waals surface area contributed by atoms with Gasteiger partial charge < -0.3 is 4.40 Å². The zero-order valence-electron chi connectivity index (χ0n) is 9.25. The van der Waals surface area contributed by atoms with Crippen LogP contribution in [0.15, 0.2) is 36.7 Å². The van der Waals surface area contributed by atoms with Gasteiger partial charge in [-0.3, -0.25) is 4.79 Å². The molecular weight excluding hydrogens is 232 g/mol. The van der Waals surface area contributed by atoms with Crippen LogP contribution in [0, 0.1) is 6.92 Å². The molecule has 0 radical (unpaired) electrons. The van der Waals surface area contributed by atoms with Crippen LogP contribution in [0.3, 0.4) is 0 Å². The summed E-state index contributed by atoms with van der Waals surface area (Å²) in [7, 11) is 0. The molecule has 0 aromatic carbocycles. The average Bonchev–Trinajstić information content (AvgIpc) is 2.91. The fourth-order valence-electron chi connectivity index (χ4n) is 1.88. The van der Waals surface area contributed by atoms with Crippen molar-refractivity contribution in [1.29, 1.82) is 0 Å². The van der Waals surface area contributed by atoms with E-state index in [0.29, 0.717) is 0 Å². The van der Waals surface area contributed by atoms with Gasteiger partial charge in [0.05, 0.1) is 10.6 Å². The summed E-state index contributed by atoms with van der Waals surface area (Å²) in [6.07, 6.45) is 4.84. The number of hydrogen-bond acceptors (Lipinski definition) is 3. The molecule has 0 amide bonds.